The first-order valence-electron chi connectivity index (χ1n) is 7.83. The first-order valence-corrected chi connectivity index (χ1v) is 7.83. The highest BCUT2D eigenvalue weighted by atomic mass is 16.1. The summed E-state index contributed by atoms with van der Waals surface area (Å²) in [6.45, 7) is 0.964. The van der Waals surface area contributed by atoms with Crippen molar-refractivity contribution in [1.29, 1.82) is 0 Å². The normalized spacial score (nSPS) is 24.7. The van der Waals surface area contributed by atoms with Crippen molar-refractivity contribution in [3.63, 3.8) is 0 Å². The van der Waals surface area contributed by atoms with Crippen LogP contribution >= 0.6 is 0 Å². The Morgan fingerprint density at radius 3 is 3.00 bits per heavy atom. The monoisotopic (exact) mass is 301 g/mol. The van der Waals surface area contributed by atoms with Crippen LogP contribution in [0, 0.1) is 11.8 Å². The Morgan fingerprint density at radius 1 is 1.41 bits per heavy atom. The van der Waals surface area contributed by atoms with Crippen LogP contribution in [0.2, 0.25) is 0 Å². The molecule has 0 bridgehead atoms. The molecule has 0 spiro atoms. The van der Waals surface area contributed by atoms with Gasteiger partial charge in [-0.25, -0.2) is 9.97 Å². The first kappa shape index (κ1) is 15.0. The molecule has 1 aliphatic rings. The lowest BCUT2D eigenvalue weighted by Gasteiger charge is -2.26. The molecule has 2 N–H and O–H groups in total. The molecule has 3 rings (SSSR count). The quantitative estimate of drug-likeness (QED) is 0.793. The molecule has 3 unspecified atom stereocenters. The average Bonchev–Trinajstić information content (AvgIpc) is 3.14. The molecule has 0 aliphatic heterocycles. The molecule has 3 atom stereocenters. The maximum Gasteiger partial charge on any atom is 0.142 e. The lowest BCUT2D eigenvalue weighted by atomic mass is 9.93. The maximum atomic E-state index is 10.9. The SMILES string of the molecule is CNCC1CC(N(C)c2ncnc3[nH]ccc23)CC1CC=O. The zero-order valence-corrected chi connectivity index (χ0v) is 13.1. The van der Waals surface area contributed by atoms with E-state index in [1.165, 1.54) is 0 Å². The van der Waals surface area contributed by atoms with E-state index in [1.54, 1.807) is 6.33 Å². The van der Waals surface area contributed by atoms with Crippen molar-refractivity contribution in [1.82, 2.24) is 20.3 Å². The van der Waals surface area contributed by atoms with Gasteiger partial charge in [-0.15, -0.1) is 0 Å². The van der Waals surface area contributed by atoms with Crippen molar-refractivity contribution in [2.24, 2.45) is 11.8 Å². The fraction of sp³-hybridized carbons (Fsp3) is 0.562. The van der Waals surface area contributed by atoms with Crippen LogP contribution in [0.3, 0.4) is 0 Å². The molecule has 2 aromatic heterocycles. The summed E-state index contributed by atoms with van der Waals surface area (Å²) in [5.41, 5.74) is 0.867. The van der Waals surface area contributed by atoms with Crippen molar-refractivity contribution in [2.75, 3.05) is 25.5 Å². The number of rotatable bonds is 6. The summed E-state index contributed by atoms with van der Waals surface area (Å²) < 4.78 is 0. The molecule has 0 amide bonds. The van der Waals surface area contributed by atoms with Crippen molar-refractivity contribution in [2.45, 2.75) is 25.3 Å². The van der Waals surface area contributed by atoms with Crippen LogP contribution in [0.5, 0.6) is 0 Å². The first-order chi connectivity index (χ1) is 10.7. The van der Waals surface area contributed by atoms with Crippen LogP contribution < -0.4 is 10.2 Å². The fourth-order valence-electron chi connectivity index (χ4n) is 3.73. The summed E-state index contributed by atoms with van der Waals surface area (Å²) in [6.07, 6.45) is 7.34. The number of H-pyrrole nitrogens is 1. The van der Waals surface area contributed by atoms with Crippen LogP contribution in [-0.4, -0.2) is 47.9 Å². The lowest BCUT2D eigenvalue weighted by Crippen LogP contribution is -2.31. The van der Waals surface area contributed by atoms with E-state index in [2.05, 4.69) is 32.2 Å². The van der Waals surface area contributed by atoms with Crippen LogP contribution in [0.1, 0.15) is 19.3 Å². The Kier molecular flexibility index (Phi) is 4.38. The van der Waals surface area contributed by atoms with Gasteiger partial charge < -0.3 is 20.0 Å². The van der Waals surface area contributed by atoms with Gasteiger partial charge in [0.05, 0.1) is 5.39 Å². The van der Waals surface area contributed by atoms with Gasteiger partial charge >= 0.3 is 0 Å². The summed E-state index contributed by atoms with van der Waals surface area (Å²) in [6, 6.07) is 2.43. The largest absolute Gasteiger partial charge is 0.356 e. The molecular weight excluding hydrogens is 278 g/mol. The van der Waals surface area contributed by atoms with Crippen molar-refractivity contribution in [3.8, 4) is 0 Å². The Balaban J connectivity index is 1.81. The van der Waals surface area contributed by atoms with Crippen LogP contribution in [-0.2, 0) is 4.79 Å². The number of carbonyl (C=O) groups excluding carboxylic acids is 1. The predicted octanol–water partition coefficient (Wildman–Crippen LogP) is 1.60. The van der Waals surface area contributed by atoms with E-state index in [9.17, 15) is 4.79 Å². The second-order valence-electron chi connectivity index (χ2n) is 6.15. The number of aromatic nitrogens is 3. The lowest BCUT2D eigenvalue weighted by molar-refractivity contribution is -0.108. The van der Waals surface area contributed by atoms with Crippen LogP contribution in [0.25, 0.3) is 11.0 Å². The van der Waals surface area contributed by atoms with Crippen LogP contribution in [0.4, 0.5) is 5.82 Å². The van der Waals surface area contributed by atoms with E-state index in [4.69, 9.17) is 0 Å². The highest BCUT2D eigenvalue weighted by molar-refractivity contribution is 5.87. The molecular formula is C16H23N5O. The molecule has 2 aromatic rings. The molecule has 1 saturated carbocycles. The van der Waals surface area contributed by atoms with Gasteiger partial charge in [-0.3, -0.25) is 0 Å². The van der Waals surface area contributed by atoms with Gasteiger partial charge in [0.2, 0.25) is 0 Å². The minimum atomic E-state index is 0.413. The standard InChI is InChI=1S/C16H23N5O/c1-17-9-12-8-13(7-11(12)4-6-22)21(2)16-14-3-5-18-15(14)19-10-20-16/h3,5-6,10-13,17H,4,7-9H2,1-2H3,(H,18,19,20). The Labute approximate surface area is 130 Å². The van der Waals surface area contributed by atoms with Crippen molar-refractivity contribution >= 4 is 23.1 Å². The summed E-state index contributed by atoms with van der Waals surface area (Å²) in [4.78, 5) is 25.0. The number of carbonyl (C=O) groups is 1. The summed E-state index contributed by atoms with van der Waals surface area (Å²) in [5.74, 6) is 1.97. The fourth-order valence-corrected chi connectivity index (χ4v) is 3.73. The molecule has 2 heterocycles. The number of nitrogens with one attached hydrogen (secondary N) is 2. The van der Waals surface area contributed by atoms with Gasteiger partial charge in [0.25, 0.3) is 0 Å². The highest BCUT2D eigenvalue weighted by Crippen LogP contribution is 2.38. The van der Waals surface area contributed by atoms with Crippen LogP contribution in [0.15, 0.2) is 18.6 Å². The maximum absolute atomic E-state index is 10.9. The molecule has 1 aliphatic carbocycles. The average molecular weight is 301 g/mol. The number of aromatic amines is 1. The number of fused-ring (bicyclic) bond motifs is 1. The zero-order valence-electron chi connectivity index (χ0n) is 13.1. The third-order valence-corrected chi connectivity index (χ3v) is 4.90. The third-order valence-electron chi connectivity index (χ3n) is 4.90. The van der Waals surface area contributed by atoms with Gasteiger partial charge in [0.15, 0.2) is 0 Å². The molecule has 22 heavy (non-hydrogen) atoms. The van der Waals surface area contributed by atoms with Gasteiger partial charge in [-0.05, 0) is 44.3 Å². The van der Waals surface area contributed by atoms with Gasteiger partial charge in [0.1, 0.15) is 24.1 Å². The van der Waals surface area contributed by atoms with Crippen molar-refractivity contribution in [3.05, 3.63) is 18.6 Å². The number of anilines is 1. The number of nitrogens with zero attached hydrogens (tertiary/aromatic N) is 3. The molecule has 6 heteroatoms. The Bertz CT molecular complexity index is 640. The zero-order chi connectivity index (χ0) is 15.5. The molecule has 118 valence electrons. The smallest absolute Gasteiger partial charge is 0.142 e. The Hall–Kier alpha value is -1.95. The summed E-state index contributed by atoms with van der Waals surface area (Å²) in [7, 11) is 4.07. The molecule has 6 nitrogen and oxygen atoms in total. The van der Waals surface area contributed by atoms with E-state index < -0.39 is 0 Å². The van der Waals surface area contributed by atoms with E-state index in [1.807, 2.05) is 19.3 Å². The van der Waals surface area contributed by atoms with Gasteiger partial charge in [0, 0.05) is 25.7 Å². The minimum Gasteiger partial charge on any atom is -0.356 e. The molecule has 0 aromatic carbocycles. The highest BCUT2D eigenvalue weighted by Gasteiger charge is 2.36. The third kappa shape index (κ3) is 2.70. The summed E-state index contributed by atoms with van der Waals surface area (Å²) >= 11 is 0. The number of hydrogen-bond donors (Lipinski definition) is 2. The molecule has 1 fully saturated rings. The molecule has 0 saturated heterocycles. The topological polar surface area (TPSA) is 73.9 Å². The Morgan fingerprint density at radius 2 is 2.23 bits per heavy atom. The van der Waals surface area contributed by atoms with Gasteiger partial charge in [-0.1, -0.05) is 0 Å². The number of hydrogen-bond acceptors (Lipinski definition) is 5. The minimum absolute atomic E-state index is 0.413. The predicted molar refractivity (Wildman–Crippen MR) is 86.9 cm³/mol. The second-order valence-corrected chi connectivity index (χ2v) is 6.15. The summed E-state index contributed by atoms with van der Waals surface area (Å²) in [5, 5.41) is 4.31. The number of aldehydes is 1. The second kappa shape index (κ2) is 6.44. The van der Waals surface area contributed by atoms with E-state index in [0.29, 0.717) is 24.3 Å². The van der Waals surface area contributed by atoms with Gasteiger partial charge in [-0.2, -0.15) is 0 Å². The van der Waals surface area contributed by atoms with Crippen molar-refractivity contribution < 1.29 is 4.79 Å². The molecule has 0 radical (unpaired) electrons. The van der Waals surface area contributed by atoms with E-state index in [-0.39, 0.29) is 0 Å². The van der Waals surface area contributed by atoms with E-state index >= 15 is 0 Å². The van der Waals surface area contributed by atoms with E-state index in [0.717, 1.165) is 42.5 Å².